The number of nitrogens with two attached hydrogens (primary N) is 1. The van der Waals surface area contributed by atoms with Crippen molar-refractivity contribution in [1.29, 1.82) is 0 Å². The quantitative estimate of drug-likeness (QED) is 0.620. The number of nitrogens with one attached hydrogen (secondary N) is 1. The predicted molar refractivity (Wildman–Crippen MR) is 39.7 cm³/mol. The molecule has 0 aliphatic carbocycles. The second-order valence-corrected chi connectivity index (χ2v) is 2.20. The summed E-state index contributed by atoms with van der Waals surface area (Å²) in [6.07, 6.45) is 1.77. The highest BCUT2D eigenvalue weighted by Crippen LogP contribution is 1.89. The minimum absolute atomic E-state index is 0.323. The summed E-state index contributed by atoms with van der Waals surface area (Å²) in [5.41, 5.74) is 5.77. The van der Waals surface area contributed by atoms with Crippen molar-refractivity contribution in [3.8, 4) is 0 Å². The zero-order valence-corrected chi connectivity index (χ0v) is 6.24. The number of carbonyl (C=O) groups excluding carboxylic acids is 1. The van der Waals surface area contributed by atoms with Crippen LogP contribution in [0.2, 0.25) is 0 Å². The lowest BCUT2D eigenvalue weighted by atomic mass is 10.5. The van der Waals surface area contributed by atoms with Gasteiger partial charge in [0.15, 0.2) is 0 Å². The molecule has 0 aromatic carbocycles. The molecule has 0 unspecified atom stereocenters. The van der Waals surface area contributed by atoms with Crippen molar-refractivity contribution < 1.29 is 4.79 Å². The Morgan fingerprint density at radius 1 is 1.91 bits per heavy atom. The van der Waals surface area contributed by atoms with Gasteiger partial charge in [0.05, 0.1) is 5.69 Å². The monoisotopic (exact) mass is 154 g/mol. The van der Waals surface area contributed by atoms with Crippen molar-refractivity contribution in [2.45, 2.75) is 13.6 Å². The van der Waals surface area contributed by atoms with Gasteiger partial charge in [0.25, 0.3) is 0 Å². The summed E-state index contributed by atoms with van der Waals surface area (Å²) in [5.74, 6) is 0. The molecule has 0 radical (unpaired) electrons. The lowest BCUT2D eigenvalue weighted by Gasteiger charge is -1.99. The maximum atomic E-state index is 10.2. The van der Waals surface area contributed by atoms with Gasteiger partial charge in [0, 0.05) is 6.20 Å². The number of amides is 2. The fourth-order valence-electron chi connectivity index (χ4n) is 0.710. The zero-order valence-electron chi connectivity index (χ0n) is 6.24. The Balaban J connectivity index is 2.45. The van der Waals surface area contributed by atoms with Crippen molar-refractivity contribution in [3.05, 3.63) is 18.0 Å². The molecule has 1 aromatic heterocycles. The Labute approximate surface area is 64.2 Å². The van der Waals surface area contributed by atoms with Crippen molar-refractivity contribution in [1.82, 2.24) is 15.1 Å². The summed E-state index contributed by atoms with van der Waals surface area (Å²) in [6, 6.07) is 1.31. The van der Waals surface area contributed by atoms with E-state index in [0.717, 1.165) is 5.69 Å². The van der Waals surface area contributed by atoms with Crippen LogP contribution in [0.3, 0.4) is 0 Å². The van der Waals surface area contributed by atoms with Gasteiger partial charge in [-0.2, -0.15) is 5.10 Å². The first kappa shape index (κ1) is 7.59. The Kier molecular flexibility index (Phi) is 2.10. The Bertz CT molecular complexity index is 255. The topological polar surface area (TPSA) is 72.9 Å². The van der Waals surface area contributed by atoms with Gasteiger partial charge in [0.1, 0.15) is 6.67 Å². The molecule has 0 aliphatic rings. The van der Waals surface area contributed by atoms with E-state index in [-0.39, 0.29) is 0 Å². The maximum Gasteiger partial charge on any atom is 0.313 e. The first-order valence-electron chi connectivity index (χ1n) is 3.22. The number of urea groups is 1. The highest BCUT2D eigenvalue weighted by molar-refractivity contribution is 5.71. The van der Waals surface area contributed by atoms with Gasteiger partial charge >= 0.3 is 6.03 Å². The summed E-state index contributed by atoms with van der Waals surface area (Å²) in [4.78, 5) is 10.2. The van der Waals surface area contributed by atoms with Crippen LogP contribution in [-0.2, 0) is 6.67 Å². The van der Waals surface area contributed by atoms with Gasteiger partial charge in [-0.05, 0) is 13.0 Å². The van der Waals surface area contributed by atoms with Crippen LogP contribution in [-0.4, -0.2) is 15.8 Å². The highest BCUT2D eigenvalue weighted by Gasteiger charge is 1.93. The second kappa shape index (κ2) is 3.05. The number of aromatic nitrogens is 2. The molecule has 5 heteroatoms. The molecule has 0 fully saturated rings. The van der Waals surface area contributed by atoms with Gasteiger partial charge in [-0.3, -0.25) is 4.68 Å². The van der Waals surface area contributed by atoms with Crippen molar-refractivity contribution >= 4 is 6.03 Å². The number of nitrogens with zero attached hydrogens (tertiary/aromatic N) is 2. The lowest BCUT2D eigenvalue weighted by Crippen LogP contribution is -2.31. The third-order valence-electron chi connectivity index (χ3n) is 1.19. The molecule has 2 amide bonds. The van der Waals surface area contributed by atoms with Crippen molar-refractivity contribution in [2.24, 2.45) is 5.73 Å². The van der Waals surface area contributed by atoms with E-state index in [0.29, 0.717) is 6.67 Å². The third-order valence-corrected chi connectivity index (χ3v) is 1.19. The number of hydrogen-bond acceptors (Lipinski definition) is 2. The molecular formula is C6H10N4O. The van der Waals surface area contributed by atoms with E-state index in [1.165, 1.54) is 0 Å². The molecule has 5 nitrogen and oxygen atoms in total. The fraction of sp³-hybridized carbons (Fsp3) is 0.333. The second-order valence-electron chi connectivity index (χ2n) is 2.20. The molecule has 1 aromatic rings. The number of rotatable bonds is 2. The van der Waals surface area contributed by atoms with Crippen LogP contribution >= 0.6 is 0 Å². The standard InChI is InChI=1S/C6H10N4O/c1-5-2-3-10(9-5)4-8-6(7)11/h2-3H,4H2,1H3,(H3,7,8,11). The maximum absolute atomic E-state index is 10.2. The molecule has 0 atom stereocenters. The number of hydrogen-bond donors (Lipinski definition) is 2. The molecule has 60 valence electrons. The van der Waals surface area contributed by atoms with Gasteiger partial charge in [-0.15, -0.1) is 0 Å². The summed E-state index contributed by atoms with van der Waals surface area (Å²) in [5, 5.41) is 6.44. The first-order chi connectivity index (χ1) is 5.18. The zero-order chi connectivity index (χ0) is 8.27. The van der Waals surface area contributed by atoms with Crippen LogP contribution in [0.1, 0.15) is 5.69 Å². The van der Waals surface area contributed by atoms with Gasteiger partial charge in [-0.1, -0.05) is 0 Å². The molecule has 0 saturated heterocycles. The highest BCUT2D eigenvalue weighted by atomic mass is 16.2. The van der Waals surface area contributed by atoms with Crippen LogP contribution in [0.5, 0.6) is 0 Å². The van der Waals surface area contributed by atoms with E-state index in [1.54, 1.807) is 10.9 Å². The predicted octanol–water partition coefficient (Wildman–Crippen LogP) is -0.183. The Morgan fingerprint density at radius 3 is 3.09 bits per heavy atom. The first-order valence-corrected chi connectivity index (χ1v) is 3.22. The number of aryl methyl sites for hydroxylation is 1. The minimum atomic E-state index is -0.543. The van der Waals surface area contributed by atoms with Crippen molar-refractivity contribution in [3.63, 3.8) is 0 Å². The summed E-state index contributed by atoms with van der Waals surface area (Å²) in [7, 11) is 0. The average Bonchev–Trinajstić information content (AvgIpc) is 2.31. The molecule has 0 bridgehead atoms. The van der Waals surface area contributed by atoms with E-state index in [2.05, 4.69) is 10.4 Å². The summed E-state index contributed by atoms with van der Waals surface area (Å²) < 4.78 is 1.60. The SMILES string of the molecule is Cc1ccn(CNC(N)=O)n1. The van der Waals surface area contributed by atoms with Gasteiger partial charge in [-0.25, -0.2) is 4.79 Å². The molecular weight excluding hydrogens is 144 g/mol. The molecule has 1 heterocycles. The fourth-order valence-corrected chi connectivity index (χ4v) is 0.710. The number of carbonyl (C=O) groups is 1. The number of primary amides is 1. The van der Waals surface area contributed by atoms with Crippen LogP contribution in [0.15, 0.2) is 12.3 Å². The molecule has 0 aliphatic heterocycles. The summed E-state index contributed by atoms with van der Waals surface area (Å²) in [6.45, 7) is 2.20. The smallest absolute Gasteiger partial charge is 0.313 e. The van der Waals surface area contributed by atoms with Crippen LogP contribution in [0.25, 0.3) is 0 Å². The van der Waals surface area contributed by atoms with E-state index in [4.69, 9.17) is 5.73 Å². The van der Waals surface area contributed by atoms with E-state index in [1.807, 2.05) is 13.0 Å². The third kappa shape index (κ3) is 2.29. The molecule has 11 heavy (non-hydrogen) atoms. The summed E-state index contributed by atoms with van der Waals surface area (Å²) >= 11 is 0. The molecule has 1 rings (SSSR count). The van der Waals surface area contributed by atoms with Crippen LogP contribution < -0.4 is 11.1 Å². The van der Waals surface area contributed by atoms with Gasteiger partial charge in [0.2, 0.25) is 0 Å². The molecule has 3 N–H and O–H groups in total. The largest absolute Gasteiger partial charge is 0.352 e. The normalized spacial score (nSPS) is 9.55. The van der Waals surface area contributed by atoms with Gasteiger partial charge < -0.3 is 11.1 Å². The average molecular weight is 154 g/mol. The van der Waals surface area contributed by atoms with Crippen LogP contribution in [0, 0.1) is 6.92 Å². The van der Waals surface area contributed by atoms with Crippen molar-refractivity contribution in [2.75, 3.05) is 0 Å². The Morgan fingerprint density at radius 2 is 2.64 bits per heavy atom. The Hall–Kier alpha value is -1.52. The molecule has 0 saturated carbocycles. The van der Waals surface area contributed by atoms with E-state index in [9.17, 15) is 4.79 Å². The lowest BCUT2D eigenvalue weighted by molar-refractivity contribution is 0.245. The minimum Gasteiger partial charge on any atom is -0.352 e. The molecule has 0 spiro atoms. The van der Waals surface area contributed by atoms with E-state index < -0.39 is 6.03 Å². The van der Waals surface area contributed by atoms with Crippen LogP contribution in [0.4, 0.5) is 4.79 Å². The van der Waals surface area contributed by atoms with E-state index >= 15 is 0 Å².